The van der Waals surface area contributed by atoms with Crippen molar-refractivity contribution in [1.82, 2.24) is 5.32 Å². The number of amides is 1. The SMILES string of the molecule is CCC=CCC=CCC=CCC=CCC=CCC=CCCC(=O)OC1=C2C(C)C(OC(=O)[C@H](O)C(NC(=O)OC(C)(C)C)c3ccccc3)C[C@@](O)([C@@H](OC(=O)c3ccccc3)[C@@H]3[C@]4(OC(C)=O)CO[C@@H]4C[C@H](OC(=O)CCC=CCC=CCC=CCC=CCC=CCC=CCC)[C@@]3(C)C1=O)C2(C)C. The zero-order valence-corrected chi connectivity index (χ0v) is 62.8. The Morgan fingerprint density at radius 2 is 1.06 bits per heavy atom. The number of aliphatic hydroxyl groups excluding tert-OH is 1. The van der Waals surface area contributed by atoms with Crippen LogP contribution in [0.2, 0.25) is 0 Å². The van der Waals surface area contributed by atoms with E-state index < -0.39 is 130 Å². The fourth-order valence-corrected chi connectivity index (χ4v) is 13.9. The predicted molar refractivity (Wildman–Crippen MR) is 406 cm³/mol. The zero-order chi connectivity index (χ0) is 75.6. The van der Waals surface area contributed by atoms with Crippen molar-refractivity contribution in [2.75, 3.05) is 6.61 Å². The number of hydrogen-bond donors (Lipinski definition) is 3. The quantitative estimate of drug-likeness (QED) is 0.0322. The highest BCUT2D eigenvalue weighted by atomic mass is 16.6. The van der Waals surface area contributed by atoms with Gasteiger partial charge in [0.1, 0.15) is 35.6 Å². The number of Topliss-reactive ketones (excluding diaryl/α,β-unsaturated/α-hetero) is 1. The third-order valence-corrected chi connectivity index (χ3v) is 19.3. The molecule has 2 aromatic rings. The lowest BCUT2D eigenvalue weighted by Crippen LogP contribution is -2.81. The lowest BCUT2D eigenvalue weighted by molar-refractivity contribution is -0.346. The van der Waals surface area contributed by atoms with E-state index in [1.54, 1.807) is 90.1 Å². The molecule has 0 aromatic heterocycles. The first kappa shape index (κ1) is 84.2. The molecular formula is C87H113NO16. The van der Waals surface area contributed by atoms with Gasteiger partial charge in [-0.3, -0.25) is 19.2 Å². The summed E-state index contributed by atoms with van der Waals surface area (Å²) in [6, 6.07) is 14.6. The standard InChI is InChI=1S/C87H113NO16/c1-11-13-15-17-19-21-23-25-27-29-31-33-35-37-39-41-43-45-53-59-71(90)100-69-61-70-86(63-98-70,103-65(4)89)77-79(102-80(94)67-57-51-48-52-58-67)87(97)62-68(99-81(95)75(92)74(66-55-49-47-50-56-66)88-82(96)104-83(5,6)7)64(3)73(84(87,8)9)76(78(93)85(69,77)10)101-72(91)60-54-46-44-42-40-38-36-34-32-30-28-26-24-22-20-18-16-14-12-2/h13-16,19-22,25-28,31-34,37-40,43-52,55-58,64,68-70,74-75,77,79,92,97H,11-12,17-18,23-24,29-30,35-36,41-42,53-54,59-63H2,1-10H3,(H,88,96)/t64?,68?,69-,70+,74?,75+,77-,79-,85+,86-,87+/m0/s1. The second-order valence-corrected chi connectivity index (χ2v) is 28.5. The molecular weight excluding hydrogens is 1310 g/mol. The van der Waals surface area contributed by atoms with Crippen LogP contribution in [0.5, 0.6) is 0 Å². The number of rotatable bonds is 38. The number of ether oxygens (including phenoxy) is 7. The van der Waals surface area contributed by atoms with Gasteiger partial charge in [0.05, 0.1) is 29.5 Å². The monoisotopic (exact) mass is 1430 g/mol. The van der Waals surface area contributed by atoms with Crippen molar-refractivity contribution in [2.24, 2.45) is 22.7 Å². The summed E-state index contributed by atoms with van der Waals surface area (Å²) < 4.78 is 44.2. The average molecular weight is 1430 g/mol. The highest BCUT2D eigenvalue weighted by Gasteiger charge is 2.79. The second kappa shape index (κ2) is 42.3. The van der Waals surface area contributed by atoms with Crippen LogP contribution in [0.1, 0.15) is 207 Å². The second-order valence-electron chi connectivity index (χ2n) is 28.5. The fourth-order valence-electron chi connectivity index (χ4n) is 13.9. The first-order chi connectivity index (χ1) is 49.9. The number of aliphatic hydroxyl groups is 2. The van der Waals surface area contributed by atoms with Gasteiger partial charge in [-0.15, -0.1) is 0 Å². The number of benzene rings is 2. The van der Waals surface area contributed by atoms with Crippen molar-refractivity contribution in [3.8, 4) is 0 Å². The first-order valence-electron chi connectivity index (χ1n) is 37.1. The molecule has 1 amide bonds. The summed E-state index contributed by atoms with van der Waals surface area (Å²) >= 11 is 0. The van der Waals surface area contributed by atoms with E-state index in [-0.39, 0.29) is 49.8 Å². The number of carbonyl (C=O) groups is 7. The van der Waals surface area contributed by atoms with Gasteiger partial charge in [-0.2, -0.15) is 0 Å². The molecule has 1 heterocycles. The van der Waals surface area contributed by atoms with Gasteiger partial charge in [0.2, 0.25) is 5.78 Å². The van der Waals surface area contributed by atoms with Crippen molar-refractivity contribution in [3.63, 3.8) is 0 Å². The van der Waals surface area contributed by atoms with E-state index in [0.717, 1.165) is 64.2 Å². The van der Waals surface area contributed by atoms with Gasteiger partial charge in [-0.25, -0.2) is 14.4 Å². The van der Waals surface area contributed by atoms with Crippen LogP contribution in [0.3, 0.4) is 0 Å². The van der Waals surface area contributed by atoms with Crippen molar-refractivity contribution in [2.45, 2.75) is 238 Å². The maximum Gasteiger partial charge on any atom is 0.408 e. The number of allylic oxidation sites excluding steroid dienone is 25. The number of hydrogen-bond acceptors (Lipinski definition) is 16. The minimum absolute atomic E-state index is 0.0333. The number of ketones is 1. The molecule has 3 aliphatic carbocycles. The minimum atomic E-state index is -2.52. The lowest BCUT2D eigenvalue weighted by Gasteiger charge is -2.67. The molecule has 3 N–H and O–H groups in total. The number of carbonyl (C=O) groups excluding carboxylic acids is 7. The third kappa shape index (κ3) is 24.1. The number of nitrogens with one attached hydrogen (secondary N) is 1. The largest absolute Gasteiger partial charge is 0.461 e. The summed E-state index contributed by atoms with van der Waals surface area (Å²) in [5.74, 6) is -8.92. The van der Waals surface area contributed by atoms with Gasteiger partial charge >= 0.3 is 35.9 Å². The molecule has 17 heteroatoms. The Kier molecular flexibility index (Phi) is 34.2. The molecule has 562 valence electrons. The molecule has 4 aliphatic rings. The molecule has 3 unspecified atom stereocenters. The Labute approximate surface area is 617 Å². The van der Waals surface area contributed by atoms with Crippen molar-refractivity contribution < 1.29 is 76.9 Å². The maximum absolute atomic E-state index is 16.9. The van der Waals surface area contributed by atoms with E-state index >= 15 is 9.59 Å². The summed E-state index contributed by atoms with van der Waals surface area (Å²) in [7, 11) is 0. The van der Waals surface area contributed by atoms with E-state index in [1.165, 1.54) is 26.0 Å². The Bertz CT molecular complexity index is 3550. The smallest absolute Gasteiger partial charge is 0.408 e. The van der Waals surface area contributed by atoms with E-state index in [1.807, 2.05) is 36.5 Å². The third-order valence-electron chi connectivity index (χ3n) is 19.3. The van der Waals surface area contributed by atoms with Gasteiger partial charge < -0.3 is 48.7 Å². The van der Waals surface area contributed by atoms with Gasteiger partial charge in [-0.1, -0.05) is 229 Å². The topological polar surface area (TPSA) is 237 Å². The normalized spacial score (nSPS) is 24.9. The van der Waals surface area contributed by atoms with E-state index in [2.05, 4.69) is 129 Å². The molecule has 2 bridgehead atoms. The molecule has 3 fully saturated rings. The summed E-state index contributed by atoms with van der Waals surface area (Å²) in [4.78, 5) is 103. The van der Waals surface area contributed by atoms with E-state index in [0.29, 0.717) is 18.4 Å². The van der Waals surface area contributed by atoms with Crippen LogP contribution >= 0.6 is 0 Å². The molecule has 1 saturated heterocycles. The number of fused-ring (bicyclic) bond motifs is 5. The van der Waals surface area contributed by atoms with Crippen LogP contribution in [0, 0.1) is 22.7 Å². The highest BCUT2D eigenvalue weighted by Crippen LogP contribution is 2.65. The summed E-state index contributed by atoms with van der Waals surface area (Å²) in [6.07, 6.45) is 50.2. The molecule has 2 saturated carbocycles. The average Bonchev–Trinajstić information content (AvgIpc) is 0.668. The Morgan fingerprint density at radius 3 is 1.49 bits per heavy atom. The van der Waals surface area contributed by atoms with Gasteiger partial charge in [0.15, 0.2) is 17.5 Å². The van der Waals surface area contributed by atoms with Crippen molar-refractivity contribution >= 4 is 41.7 Å². The molecule has 17 nitrogen and oxygen atoms in total. The van der Waals surface area contributed by atoms with E-state index in [4.69, 9.17) is 33.2 Å². The minimum Gasteiger partial charge on any atom is -0.461 e. The summed E-state index contributed by atoms with van der Waals surface area (Å²) in [6.45, 7) is 16.3. The summed E-state index contributed by atoms with van der Waals surface area (Å²) in [5.41, 5.74) is -9.07. The maximum atomic E-state index is 16.9. The van der Waals surface area contributed by atoms with Gasteiger partial charge in [-0.05, 0) is 141 Å². The Hall–Kier alpha value is -8.77. The van der Waals surface area contributed by atoms with Crippen molar-refractivity contribution in [1.29, 1.82) is 0 Å². The molecule has 0 spiro atoms. The highest BCUT2D eigenvalue weighted by molar-refractivity contribution is 6.02. The van der Waals surface area contributed by atoms with Crippen LogP contribution in [0.4, 0.5) is 4.79 Å². The van der Waals surface area contributed by atoms with Gasteiger partial charge in [0, 0.05) is 43.9 Å². The Morgan fingerprint density at radius 1 is 0.615 bits per heavy atom. The predicted octanol–water partition coefficient (Wildman–Crippen LogP) is 17.5. The van der Waals surface area contributed by atoms with Crippen LogP contribution in [-0.4, -0.2) is 106 Å². The lowest BCUT2D eigenvalue weighted by atomic mass is 9.45. The molecule has 0 radical (unpaired) electrons. The van der Waals surface area contributed by atoms with Crippen molar-refractivity contribution in [3.05, 3.63) is 229 Å². The van der Waals surface area contributed by atoms with Gasteiger partial charge in [0.25, 0.3) is 0 Å². The molecule has 1 aliphatic heterocycles. The fraction of sp³-hybridized carbons (Fsp3) is 0.483. The number of esters is 5. The Balaban J connectivity index is 1.35. The van der Waals surface area contributed by atoms with Crippen LogP contribution in [0.15, 0.2) is 218 Å². The molecule has 11 atom stereocenters. The number of alkyl carbamates (subject to hydrolysis) is 1. The van der Waals surface area contributed by atoms with Crippen LogP contribution in [-0.2, 0) is 57.1 Å². The summed E-state index contributed by atoms with van der Waals surface area (Å²) in [5, 5.41) is 29.2. The molecule has 6 rings (SSSR count). The first-order valence-corrected chi connectivity index (χ1v) is 37.1. The zero-order valence-electron chi connectivity index (χ0n) is 62.8. The molecule has 2 aromatic carbocycles. The van der Waals surface area contributed by atoms with E-state index in [9.17, 15) is 34.2 Å². The van der Waals surface area contributed by atoms with Crippen LogP contribution < -0.4 is 5.32 Å². The van der Waals surface area contributed by atoms with Crippen LogP contribution in [0.25, 0.3) is 0 Å². The molecule has 104 heavy (non-hydrogen) atoms.